The van der Waals surface area contributed by atoms with E-state index in [1.807, 2.05) is 42.5 Å². The molecule has 4 heteroatoms. The highest BCUT2D eigenvalue weighted by atomic mass is 16.6. The molecule has 0 amide bonds. The fourth-order valence-corrected chi connectivity index (χ4v) is 2.70. The minimum atomic E-state index is -0.449. The molecule has 0 fully saturated rings. The second-order valence-corrected chi connectivity index (χ2v) is 7.32. The van der Waals surface area contributed by atoms with Crippen LogP contribution in [0.15, 0.2) is 65.3 Å². The standard InChI is InChI=1S/C23H23NO3/c1-23(2,3)18-12-9-16(10-13-18)15-19-22(25)27-21(24-19)14-11-17-7-5-6-8-20(17)26-4/h5-15H,1-4H3. The largest absolute Gasteiger partial charge is 0.496 e. The number of methoxy groups -OCH3 is 1. The van der Waals surface area contributed by atoms with Crippen LogP contribution in [-0.2, 0) is 14.9 Å². The van der Waals surface area contributed by atoms with Gasteiger partial charge in [0.05, 0.1) is 7.11 Å². The van der Waals surface area contributed by atoms with E-state index in [4.69, 9.17) is 9.47 Å². The van der Waals surface area contributed by atoms with Gasteiger partial charge in [-0.25, -0.2) is 9.79 Å². The molecule has 0 N–H and O–H groups in total. The Bertz CT molecular complexity index is 929. The van der Waals surface area contributed by atoms with Crippen LogP contribution in [0.5, 0.6) is 5.75 Å². The smallest absolute Gasteiger partial charge is 0.363 e. The number of benzene rings is 2. The van der Waals surface area contributed by atoms with Crippen LogP contribution in [0.4, 0.5) is 0 Å². The Hall–Kier alpha value is -3.14. The first-order valence-electron chi connectivity index (χ1n) is 8.81. The van der Waals surface area contributed by atoms with Crippen molar-refractivity contribution in [2.24, 2.45) is 4.99 Å². The normalized spacial score (nSPS) is 15.9. The molecule has 138 valence electrons. The van der Waals surface area contributed by atoms with Crippen LogP contribution in [-0.4, -0.2) is 19.0 Å². The molecule has 0 bridgehead atoms. The van der Waals surface area contributed by atoms with Crippen LogP contribution in [0.3, 0.4) is 0 Å². The molecular weight excluding hydrogens is 338 g/mol. The third-order valence-corrected chi connectivity index (χ3v) is 4.26. The van der Waals surface area contributed by atoms with Crippen LogP contribution >= 0.6 is 0 Å². The van der Waals surface area contributed by atoms with Crippen molar-refractivity contribution in [3.05, 3.63) is 77.0 Å². The second-order valence-electron chi connectivity index (χ2n) is 7.32. The van der Waals surface area contributed by atoms with Crippen molar-refractivity contribution in [3.63, 3.8) is 0 Å². The molecule has 0 radical (unpaired) electrons. The molecule has 0 saturated carbocycles. The zero-order valence-corrected chi connectivity index (χ0v) is 16.0. The predicted octanol–water partition coefficient (Wildman–Crippen LogP) is 5.00. The Balaban J connectivity index is 1.79. The van der Waals surface area contributed by atoms with Crippen LogP contribution in [0.1, 0.15) is 37.5 Å². The minimum Gasteiger partial charge on any atom is -0.496 e. The van der Waals surface area contributed by atoms with Crippen molar-refractivity contribution in [1.82, 2.24) is 0 Å². The fourth-order valence-electron chi connectivity index (χ4n) is 2.70. The first-order valence-corrected chi connectivity index (χ1v) is 8.81. The summed E-state index contributed by atoms with van der Waals surface area (Å²) in [7, 11) is 1.62. The van der Waals surface area contributed by atoms with Gasteiger partial charge in [-0.3, -0.25) is 0 Å². The summed E-state index contributed by atoms with van der Waals surface area (Å²) in [6.07, 6.45) is 5.21. The van der Waals surface area contributed by atoms with Crippen LogP contribution in [0.25, 0.3) is 12.2 Å². The molecule has 0 aliphatic carbocycles. The first kappa shape index (κ1) is 18.6. The highest BCUT2D eigenvalue weighted by Gasteiger charge is 2.21. The third-order valence-electron chi connectivity index (χ3n) is 4.26. The van der Waals surface area contributed by atoms with Crippen molar-refractivity contribution in [2.45, 2.75) is 26.2 Å². The minimum absolute atomic E-state index is 0.0899. The number of nitrogens with zero attached hydrogens (tertiary/aromatic N) is 1. The molecular formula is C23H23NO3. The molecule has 27 heavy (non-hydrogen) atoms. The van der Waals surface area contributed by atoms with E-state index in [2.05, 4.69) is 37.9 Å². The molecule has 0 spiro atoms. The zero-order valence-electron chi connectivity index (χ0n) is 16.0. The lowest BCUT2D eigenvalue weighted by atomic mass is 9.87. The molecule has 1 heterocycles. The van der Waals surface area contributed by atoms with Crippen LogP contribution in [0.2, 0.25) is 0 Å². The Labute approximate surface area is 159 Å². The van der Waals surface area contributed by atoms with Gasteiger partial charge in [-0.2, -0.15) is 0 Å². The van der Waals surface area contributed by atoms with Crippen molar-refractivity contribution in [2.75, 3.05) is 7.11 Å². The van der Waals surface area contributed by atoms with Gasteiger partial charge in [0, 0.05) is 11.6 Å². The van der Waals surface area contributed by atoms with Crippen molar-refractivity contribution < 1.29 is 14.3 Å². The summed E-state index contributed by atoms with van der Waals surface area (Å²) >= 11 is 0. The van der Waals surface area contributed by atoms with Crippen molar-refractivity contribution in [3.8, 4) is 5.75 Å². The molecule has 3 rings (SSSR count). The van der Waals surface area contributed by atoms with Gasteiger partial charge in [0.15, 0.2) is 5.70 Å². The van der Waals surface area contributed by atoms with Gasteiger partial charge in [0.1, 0.15) is 5.75 Å². The van der Waals surface area contributed by atoms with Gasteiger partial charge in [-0.05, 0) is 34.8 Å². The number of carbonyl (C=O) groups is 1. The quantitative estimate of drug-likeness (QED) is 0.568. The van der Waals surface area contributed by atoms with Crippen molar-refractivity contribution in [1.29, 1.82) is 0 Å². The fraction of sp³-hybridized carbons (Fsp3) is 0.217. The molecule has 0 aromatic heterocycles. The number of esters is 1. The van der Waals surface area contributed by atoms with E-state index in [1.54, 1.807) is 19.3 Å². The van der Waals surface area contributed by atoms with Gasteiger partial charge >= 0.3 is 5.97 Å². The second kappa shape index (κ2) is 7.62. The number of rotatable bonds is 4. The molecule has 2 aromatic carbocycles. The number of aliphatic imine (C=N–C) groups is 1. The van der Waals surface area contributed by atoms with E-state index < -0.39 is 5.97 Å². The summed E-state index contributed by atoms with van der Waals surface area (Å²) < 4.78 is 10.5. The average molecular weight is 361 g/mol. The van der Waals surface area contributed by atoms with E-state index in [0.29, 0.717) is 0 Å². The topological polar surface area (TPSA) is 47.9 Å². The van der Waals surface area contributed by atoms with Gasteiger partial charge < -0.3 is 9.47 Å². The van der Waals surface area contributed by atoms with E-state index >= 15 is 0 Å². The maximum Gasteiger partial charge on any atom is 0.363 e. The van der Waals surface area contributed by atoms with E-state index in [0.717, 1.165) is 16.9 Å². The molecule has 0 atom stereocenters. The van der Waals surface area contributed by atoms with Crippen molar-refractivity contribution >= 4 is 24.0 Å². The Kier molecular flexibility index (Phi) is 5.26. The summed E-state index contributed by atoms with van der Waals surface area (Å²) in [5.41, 5.74) is 3.41. The lowest BCUT2D eigenvalue weighted by molar-refractivity contribution is -0.129. The number of para-hydroxylation sites is 1. The molecule has 2 aromatic rings. The van der Waals surface area contributed by atoms with E-state index in [9.17, 15) is 4.79 Å². The first-order chi connectivity index (χ1) is 12.9. The lowest BCUT2D eigenvalue weighted by Gasteiger charge is -2.18. The molecule has 0 unspecified atom stereocenters. The predicted molar refractivity (Wildman–Crippen MR) is 109 cm³/mol. The number of hydrogen-bond acceptors (Lipinski definition) is 4. The molecule has 1 aliphatic heterocycles. The maximum absolute atomic E-state index is 12.1. The summed E-state index contributed by atoms with van der Waals surface area (Å²) in [5, 5.41) is 0. The monoisotopic (exact) mass is 361 g/mol. The Morgan fingerprint density at radius 3 is 2.37 bits per heavy atom. The summed E-state index contributed by atoms with van der Waals surface area (Å²) in [4.78, 5) is 16.4. The molecule has 1 aliphatic rings. The summed E-state index contributed by atoms with van der Waals surface area (Å²) in [5.74, 6) is 0.561. The van der Waals surface area contributed by atoms with Crippen LogP contribution in [0, 0.1) is 0 Å². The lowest BCUT2D eigenvalue weighted by Crippen LogP contribution is -2.10. The zero-order chi connectivity index (χ0) is 19.4. The van der Waals surface area contributed by atoms with Gasteiger partial charge in [0.2, 0.25) is 5.90 Å². The highest BCUT2D eigenvalue weighted by Crippen LogP contribution is 2.24. The summed E-state index contributed by atoms with van der Waals surface area (Å²) in [6.45, 7) is 6.50. The van der Waals surface area contributed by atoms with Gasteiger partial charge in [0.25, 0.3) is 0 Å². The number of ether oxygens (including phenoxy) is 2. The molecule has 4 nitrogen and oxygen atoms in total. The third kappa shape index (κ3) is 4.53. The average Bonchev–Trinajstić information content (AvgIpc) is 2.99. The van der Waals surface area contributed by atoms with Gasteiger partial charge in [-0.1, -0.05) is 63.2 Å². The van der Waals surface area contributed by atoms with E-state index in [1.165, 1.54) is 5.56 Å². The Morgan fingerprint density at radius 1 is 1.00 bits per heavy atom. The Morgan fingerprint density at radius 2 is 1.70 bits per heavy atom. The number of carbonyl (C=O) groups excluding carboxylic acids is 1. The van der Waals surface area contributed by atoms with E-state index in [-0.39, 0.29) is 17.0 Å². The van der Waals surface area contributed by atoms with Crippen LogP contribution < -0.4 is 4.74 Å². The van der Waals surface area contributed by atoms with Gasteiger partial charge in [-0.15, -0.1) is 0 Å². The highest BCUT2D eigenvalue weighted by molar-refractivity contribution is 6.11. The summed E-state index contributed by atoms with van der Waals surface area (Å²) in [6, 6.07) is 15.7. The SMILES string of the molecule is COc1ccccc1C=CC1=NC(=Cc2ccc(C(C)(C)C)cc2)C(=O)O1. The molecule has 0 saturated heterocycles. The maximum atomic E-state index is 12.1. The number of cyclic esters (lactones) is 1. The number of hydrogen-bond donors (Lipinski definition) is 0.